The van der Waals surface area contributed by atoms with E-state index in [9.17, 15) is 9.18 Å². The molecule has 1 nitrogen and oxygen atoms in total. The van der Waals surface area contributed by atoms with E-state index in [1.54, 1.807) is 6.29 Å². The van der Waals surface area contributed by atoms with Crippen molar-refractivity contribution < 1.29 is 9.18 Å². The molecule has 2 heteroatoms. The van der Waals surface area contributed by atoms with Crippen molar-refractivity contribution in [2.75, 3.05) is 0 Å². The fourth-order valence-electron chi connectivity index (χ4n) is 0.518. The van der Waals surface area contributed by atoms with Crippen LogP contribution in [0.5, 0.6) is 0 Å². The highest BCUT2D eigenvalue weighted by Crippen LogP contribution is 1.98. The quantitative estimate of drug-likeness (QED) is 0.549. The van der Waals surface area contributed by atoms with Crippen LogP contribution in [0.15, 0.2) is 24.3 Å². The highest BCUT2D eigenvalue weighted by Gasteiger charge is 1.89. The van der Waals surface area contributed by atoms with Gasteiger partial charge in [0.2, 0.25) is 6.29 Å². The van der Waals surface area contributed by atoms with Gasteiger partial charge in [-0.1, -0.05) is 0 Å². The molecule has 1 radical (unpaired) electrons. The Hall–Kier alpha value is -1.18. The van der Waals surface area contributed by atoms with Crippen LogP contribution in [0, 0.1) is 5.82 Å². The first-order valence-corrected chi connectivity index (χ1v) is 2.46. The van der Waals surface area contributed by atoms with E-state index in [1.807, 2.05) is 0 Å². The van der Waals surface area contributed by atoms with E-state index in [0.717, 1.165) is 0 Å². The van der Waals surface area contributed by atoms with Gasteiger partial charge >= 0.3 is 0 Å². The van der Waals surface area contributed by atoms with Gasteiger partial charge < -0.3 is 0 Å². The Morgan fingerprint density at radius 3 is 2.22 bits per heavy atom. The van der Waals surface area contributed by atoms with Crippen molar-refractivity contribution in [3.63, 3.8) is 0 Å². The van der Waals surface area contributed by atoms with Gasteiger partial charge in [0.05, 0.1) is 0 Å². The van der Waals surface area contributed by atoms with Crippen LogP contribution in [0.1, 0.15) is 5.56 Å². The molecule has 0 saturated heterocycles. The molecular weight excluding hydrogens is 119 g/mol. The highest BCUT2D eigenvalue weighted by atomic mass is 19.1. The largest absolute Gasteiger partial charge is 0.285 e. The molecule has 1 rings (SSSR count). The van der Waals surface area contributed by atoms with Gasteiger partial charge in [0, 0.05) is 5.56 Å². The number of hydrogen-bond donors (Lipinski definition) is 0. The summed E-state index contributed by atoms with van der Waals surface area (Å²) in [5.74, 6) is -0.339. The molecule has 1 aromatic carbocycles. The fourth-order valence-corrected chi connectivity index (χ4v) is 0.518. The van der Waals surface area contributed by atoms with E-state index in [-0.39, 0.29) is 5.82 Å². The second kappa shape index (κ2) is 2.40. The molecule has 1 aromatic rings. The van der Waals surface area contributed by atoms with Crippen molar-refractivity contribution in [3.8, 4) is 0 Å². The molecule has 0 amide bonds. The number of halogens is 1. The predicted molar refractivity (Wildman–Crippen MR) is 31.2 cm³/mol. The van der Waals surface area contributed by atoms with Crippen molar-refractivity contribution >= 4 is 6.29 Å². The molecule has 9 heavy (non-hydrogen) atoms. The van der Waals surface area contributed by atoms with Gasteiger partial charge in [-0.3, -0.25) is 4.79 Å². The lowest BCUT2D eigenvalue weighted by atomic mass is 10.2. The first kappa shape index (κ1) is 5.95. The normalized spacial score (nSPS) is 9.00. The molecule has 0 saturated carbocycles. The molecule has 0 aromatic heterocycles. The van der Waals surface area contributed by atoms with Crippen LogP contribution in [0.3, 0.4) is 0 Å². The summed E-state index contributed by atoms with van der Waals surface area (Å²) in [7, 11) is 0. The maximum Gasteiger partial charge on any atom is 0.233 e. The SMILES string of the molecule is O=[C]c1ccc(F)cc1. The summed E-state index contributed by atoms with van der Waals surface area (Å²) >= 11 is 0. The van der Waals surface area contributed by atoms with Crippen LogP contribution >= 0.6 is 0 Å². The Kier molecular flexibility index (Phi) is 1.58. The summed E-state index contributed by atoms with van der Waals surface area (Å²) in [4.78, 5) is 9.87. The van der Waals surface area contributed by atoms with Crippen molar-refractivity contribution in [2.24, 2.45) is 0 Å². The molecule has 0 aliphatic rings. The Labute approximate surface area is 52.1 Å². The van der Waals surface area contributed by atoms with E-state index in [1.165, 1.54) is 24.3 Å². The Morgan fingerprint density at radius 2 is 1.78 bits per heavy atom. The summed E-state index contributed by atoms with van der Waals surface area (Å²) in [6, 6.07) is 5.20. The van der Waals surface area contributed by atoms with Gasteiger partial charge in [-0.25, -0.2) is 4.39 Å². The zero-order chi connectivity index (χ0) is 6.69. The lowest BCUT2D eigenvalue weighted by Crippen LogP contribution is -1.78. The predicted octanol–water partition coefficient (Wildman–Crippen LogP) is 1.28. The summed E-state index contributed by atoms with van der Waals surface area (Å²) < 4.78 is 12.1. The maximum atomic E-state index is 12.1. The third-order valence-electron chi connectivity index (χ3n) is 0.962. The lowest BCUT2D eigenvalue weighted by Gasteiger charge is -1.85. The number of hydrogen-bond acceptors (Lipinski definition) is 1. The molecule has 0 unspecified atom stereocenters. The molecule has 0 N–H and O–H groups in total. The third kappa shape index (κ3) is 1.35. The Morgan fingerprint density at radius 1 is 1.22 bits per heavy atom. The molecule has 0 heterocycles. The first-order chi connectivity index (χ1) is 4.33. The van der Waals surface area contributed by atoms with Crippen LogP contribution in [0.2, 0.25) is 0 Å². The summed E-state index contributed by atoms with van der Waals surface area (Å²) in [6.45, 7) is 0. The third-order valence-corrected chi connectivity index (χ3v) is 0.962. The molecule has 0 bridgehead atoms. The van der Waals surface area contributed by atoms with Gasteiger partial charge in [0.25, 0.3) is 0 Å². The summed E-state index contributed by atoms with van der Waals surface area (Å²) in [5, 5.41) is 0. The molecule has 0 aliphatic carbocycles. The lowest BCUT2D eigenvalue weighted by molar-refractivity contribution is 0.562. The van der Waals surface area contributed by atoms with Crippen LogP contribution in [0.25, 0.3) is 0 Å². The minimum absolute atomic E-state index is 0.339. The Bertz CT molecular complexity index is 203. The molecule has 0 atom stereocenters. The highest BCUT2D eigenvalue weighted by molar-refractivity contribution is 5.74. The minimum atomic E-state index is -0.339. The summed E-state index contributed by atoms with van der Waals surface area (Å²) in [5.41, 5.74) is 0.372. The standard InChI is InChI=1S/C7H4FO/c8-7-3-1-6(5-9)2-4-7/h1-4H. The average molecular weight is 123 g/mol. The van der Waals surface area contributed by atoms with Gasteiger partial charge in [0.15, 0.2) is 0 Å². The zero-order valence-corrected chi connectivity index (χ0v) is 4.60. The smallest absolute Gasteiger partial charge is 0.233 e. The molecule has 0 fully saturated rings. The minimum Gasteiger partial charge on any atom is -0.285 e. The van der Waals surface area contributed by atoms with Gasteiger partial charge in [0.1, 0.15) is 5.82 Å². The van der Waals surface area contributed by atoms with Gasteiger partial charge in [-0.05, 0) is 24.3 Å². The van der Waals surface area contributed by atoms with Crippen LogP contribution in [-0.2, 0) is 4.79 Å². The zero-order valence-electron chi connectivity index (χ0n) is 4.60. The average Bonchev–Trinajstić information content (AvgIpc) is 1.90. The van der Waals surface area contributed by atoms with E-state index < -0.39 is 0 Å². The van der Waals surface area contributed by atoms with E-state index in [4.69, 9.17) is 0 Å². The second-order valence-electron chi connectivity index (χ2n) is 1.61. The van der Waals surface area contributed by atoms with Crippen LogP contribution in [-0.4, -0.2) is 6.29 Å². The number of carbonyl (C=O) groups excluding carboxylic acids is 1. The number of benzene rings is 1. The van der Waals surface area contributed by atoms with Gasteiger partial charge in [-0.15, -0.1) is 0 Å². The topological polar surface area (TPSA) is 17.1 Å². The van der Waals surface area contributed by atoms with Crippen molar-refractivity contribution in [3.05, 3.63) is 35.6 Å². The summed E-state index contributed by atoms with van der Waals surface area (Å²) in [6.07, 6.45) is 1.64. The van der Waals surface area contributed by atoms with Crippen molar-refractivity contribution in [1.82, 2.24) is 0 Å². The van der Waals surface area contributed by atoms with E-state index in [2.05, 4.69) is 0 Å². The van der Waals surface area contributed by atoms with Crippen LogP contribution in [0.4, 0.5) is 4.39 Å². The van der Waals surface area contributed by atoms with E-state index >= 15 is 0 Å². The second-order valence-corrected chi connectivity index (χ2v) is 1.61. The van der Waals surface area contributed by atoms with E-state index in [0.29, 0.717) is 5.56 Å². The molecule has 45 valence electrons. The Balaban J connectivity index is 3.01. The van der Waals surface area contributed by atoms with Gasteiger partial charge in [-0.2, -0.15) is 0 Å². The van der Waals surface area contributed by atoms with Crippen LogP contribution < -0.4 is 0 Å². The molecular formula is C7H4FO. The number of rotatable bonds is 1. The monoisotopic (exact) mass is 123 g/mol. The maximum absolute atomic E-state index is 12.1. The van der Waals surface area contributed by atoms with Crippen molar-refractivity contribution in [1.29, 1.82) is 0 Å². The fraction of sp³-hybridized carbons (Fsp3) is 0. The first-order valence-electron chi connectivity index (χ1n) is 2.46. The molecule has 0 aliphatic heterocycles. The van der Waals surface area contributed by atoms with Crippen molar-refractivity contribution in [2.45, 2.75) is 0 Å². The molecule has 0 spiro atoms.